The highest BCUT2D eigenvalue weighted by molar-refractivity contribution is 6.43. The standard InChI is InChI=1S/C32H42BN3O7/c1-20(2)17-28(33(39)40)36-31(37)21(3)34-32(38)26(19-24-15-16-27(41-4)30(43-6)29(24)42-5)35-25-14-10-13-23(18-25)22-11-8-7-9-12-22/h7-16,18,20-21,26,28,35,39-40H,17,19H2,1-6H3,(H,34,38)(H,36,37)/t21-,26-,28+/m0/s1. The van der Waals surface area contributed by atoms with E-state index >= 15 is 0 Å². The Labute approximate surface area is 253 Å². The number of carbonyl (C=O) groups excluding carboxylic acids is 2. The van der Waals surface area contributed by atoms with E-state index in [2.05, 4.69) is 16.0 Å². The summed E-state index contributed by atoms with van der Waals surface area (Å²) in [5, 5.41) is 28.2. The van der Waals surface area contributed by atoms with Gasteiger partial charge in [0, 0.05) is 17.7 Å². The van der Waals surface area contributed by atoms with Crippen LogP contribution in [0.5, 0.6) is 17.2 Å². The van der Waals surface area contributed by atoms with Gasteiger partial charge >= 0.3 is 7.12 Å². The first kappa shape index (κ1) is 33.3. The highest BCUT2D eigenvalue weighted by Gasteiger charge is 2.30. The van der Waals surface area contributed by atoms with Crippen molar-refractivity contribution in [1.82, 2.24) is 10.6 Å². The normalized spacial score (nSPS) is 13.0. The third-order valence-electron chi connectivity index (χ3n) is 7.00. The van der Waals surface area contributed by atoms with E-state index in [1.807, 2.05) is 68.4 Å². The molecule has 0 saturated carbocycles. The largest absolute Gasteiger partial charge is 0.493 e. The van der Waals surface area contributed by atoms with E-state index < -0.39 is 37.0 Å². The van der Waals surface area contributed by atoms with Gasteiger partial charge in [-0.15, -0.1) is 0 Å². The van der Waals surface area contributed by atoms with E-state index in [4.69, 9.17) is 14.2 Å². The Morgan fingerprint density at radius 3 is 2.07 bits per heavy atom. The second-order valence-electron chi connectivity index (χ2n) is 10.7. The van der Waals surface area contributed by atoms with Crippen LogP contribution < -0.4 is 30.2 Å². The zero-order valence-corrected chi connectivity index (χ0v) is 25.6. The summed E-state index contributed by atoms with van der Waals surface area (Å²) in [7, 11) is 2.83. The molecule has 230 valence electrons. The van der Waals surface area contributed by atoms with Crippen LogP contribution in [-0.4, -0.2) is 68.3 Å². The fourth-order valence-electron chi connectivity index (χ4n) is 4.82. The van der Waals surface area contributed by atoms with Gasteiger partial charge in [0.15, 0.2) is 11.5 Å². The number of rotatable bonds is 15. The predicted molar refractivity (Wildman–Crippen MR) is 168 cm³/mol. The molecule has 3 aromatic rings. The van der Waals surface area contributed by atoms with Crippen LogP contribution in [0, 0.1) is 5.92 Å². The average Bonchev–Trinajstić information content (AvgIpc) is 3.00. The fraction of sp³-hybridized carbons (Fsp3) is 0.375. The molecule has 0 radical (unpaired) electrons. The quantitative estimate of drug-likeness (QED) is 0.170. The van der Waals surface area contributed by atoms with E-state index in [0.29, 0.717) is 34.9 Å². The zero-order valence-electron chi connectivity index (χ0n) is 25.6. The molecule has 10 nitrogen and oxygen atoms in total. The number of hydrogen-bond acceptors (Lipinski definition) is 8. The van der Waals surface area contributed by atoms with E-state index in [1.54, 1.807) is 19.1 Å². The summed E-state index contributed by atoms with van der Waals surface area (Å²) in [5.74, 6) is -0.390. The molecule has 0 spiro atoms. The highest BCUT2D eigenvalue weighted by Crippen LogP contribution is 2.40. The summed E-state index contributed by atoms with van der Waals surface area (Å²) >= 11 is 0. The van der Waals surface area contributed by atoms with Crippen LogP contribution in [0.3, 0.4) is 0 Å². The van der Waals surface area contributed by atoms with Crippen LogP contribution in [0.25, 0.3) is 11.1 Å². The van der Waals surface area contributed by atoms with Crippen molar-refractivity contribution in [2.45, 2.75) is 51.6 Å². The molecule has 0 saturated heterocycles. The number of hydrogen-bond donors (Lipinski definition) is 5. The van der Waals surface area contributed by atoms with E-state index in [-0.39, 0.29) is 12.3 Å². The third kappa shape index (κ3) is 9.13. The minimum absolute atomic E-state index is 0.119. The molecule has 3 aromatic carbocycles. The van der Waals surface area contributed by atoms with Crippen LogP contribution >= 0.6 is 0 Å². The Bertz CT molecular complexity index is 1350. The molecule has 3 rings (SSSR count). The van der Waals surface area contributed by atoms with Crippen molar-refractivity contribution in [3.05, 3.63) is 72.3 Å². The van der Waals surface area contributed by atoms with Crippen molar-refractivity contribution in [3.63, 3.8) is 0 Å². The van der Waals surface area contributed by atoms with Crippen LogP contribution in [0.4, 0.5) is 5.69 Å². The molecule has 0 aliphatic rings. The molecule has 11 heteroatoms. The van der Waals surface area contributed by atoms with Crippen molar-refractivity contribution < 1.29 is 33.8 Å². The highest BCUT2D eigenvalue weighted by atomic mass is 16.5. The van der Waals surface area contributed by atoms with Gasteiger partial charge in [-0.3, -0.25) is 9.59 Å². The lowest BCUT2D eigenvalue weighted by atomic mass is 9.75. The molecular formula is C32H42BN3O7. The topological polar surface area (TPSA) is 138 Å². The maximum atomic E-state index is 13.7. The van der Waals surface area contributed by atoms with Crippen molar-refractivity contribution in [3.8, 4) is 28.4 Å². The Balaban J connectivity index is 1.90. The Morgan fingerprint density at radius 1 is 0.791 bits per heavy atom. The Hall–Kier alpha value is -4.22. The monoisotopic (exact) mass is 591 g/mol. The Morgan fingerprint density at radius 2 is 1.47 bits per heavy atom. The van der Waals surface area contributed by atoms with E-state index in [0.717, 1.165) is 11.1 Å². The molecule has 5 N–H and O–H groups in total. The summed E-state index contributed by atoms with van der Waals surface area (Å²) in [6, 6.07) is 19.4. The summed E-state index contributed by atoms with van der Waals surface area (Å²) in [5.41, 5.74) is 3.39. The smallest absolute Gasteiger partial charge is 0.475 e. The number of methoxy groups -OCH3 is 3. The Kier molecular flexibility index (Phi) is 12.3. The number of benzene rings is 3. The van der Waals surface area contributed by atoms with Crippen molar-refractivity contribution in [2.24, 2.45) is 5.92 Å². The van der Waals surface area contributed by atoms with Crippen molar-refractivity contribution in [1.29, 1.82) is 0 Å². The molecule has 0 aliphatic carbocycles. The van der Waals surface area contributed by atoms with Crippen molar-refractivity contribution >= 4 is 24.6 Å². The molecule has 0 unspecified atom stereocenters. The lowest BCUT2D eigenvalue weighted by molar-refractivity contribution is -0.129. The average molecular weight is 592 g/mol. The number of anilines is 1. The SMILES string of the molecule is COc1ccc(C[C@H](Nc2cccc(-c3ccccc3)c2)C(=O)N[C@@H](C)C(=O)N[C@H](CC(C)C)B(O)O)c(OC)c1OC. The molecule has 3 atom stereocenters. The lowest BCUT2D eigenvalue weighted by Crippen LogP contribution is -2.55. The second kappa shape index (κ2) is 15.9. The first-order valence-electron chi connectivity index (χ1n) is 14.2. The van der Waals surface area contributed by atoms with Gasteiger partial charge in [0.2, 0.25) is 17.6 Å². The second-order valence-corrected chi connectivity index (χ2v) is 10.7. The maximum Gasteiger partial charge on any atom is 0.475 e. The minimum Gasteiger partial charge on any atom is -0.493 e. The van der Waals surface area contributed by atoms with Crippen LogP contribution in [0.15, 0.2) is 66.7 Å². The third-order valence-corrected chi connectivity index (χ3v) is 7.00. The predicted octanol–water partition coefficient (Wildman–Crippen LogP) is 3.45. The van der Waals surface area contributed by atoms with Crippen LogP contribution in [-0.2, 0) is 16.0 Å². The lowest BCUT2D eigenvalue weighted by Gasteiger charge is -2.25. The van der Waals surface area contributed by atoms with Gasteiger partial charge in [0.1, 0.15) is 12.1 Å². The number of amides is 2. The molecule has 2 amide bonds. The van der Waals surface area contributed by atoms with E-state index in [1.165, 1.54) is 21.3 Å². The summed E-state index contributed by atoms with van der Waals surface area (Å²) in [4.78, 5) is 26.7. The minimum atomic E-state index is -1.72. The van der Waals surface area contributed by atoms with E-state index in [9.17, 15) is 19.6 Å². The zero-order chi connectivity index (χ0) is 31.5. The van der Waals surface area contributed by atoms with Crippen molar-refractivity contribution in [2.75, 3.05) is 26.6 Å². The number of ether oxygens (including phenoxy) is 3. The molecule has 0 heterocycles. The summed E-state index contributed by atoms with van der Waals surface area (Å²) in [6.07, 6.45) is 0.551. The molecule has 0 aromatic heterocycles. The first-order valence-corrected chi connectivity index (χ1v) is 14.2. The van der Waals surface area contributed by atoms with Gasteiger partial charge in [-0.1, -0.05) is 62.4 Å². The number of carbonyl (C=O) groups is 2. The molecule has 0 aliphatic heterocycles. The fourth-order valence-corrected chi connectivity index (χ4v) is 4.82. The molecule has 0 bridgehead atoms. The number of nitrogens with one attached hydrogen (secondary N) is 3. The van der Waals surface area contributed by atoms with Gasteiger partial charge < -0.3 is 40.2 Å². The van der Waals surface area contributed by atoms with Gasteiger partial charge in [-0.25, -0.2) is 0 Å². The van der Waals surface area contributed by atoms with Gasteiger partial charge in [-0.05, 0) is 48.6 Å². The molecule has 0 fully saturated rings. The maximum absolute atomic E-state index is 13.7. The summed E-state index contributed by atoms with van der Waals surface area (Å²) in [6.45, 7) is 5.38. The summed E-state index contributed by atoms with van der Waals surface area (Å²) < 4.78 is 16.6. The van der Waals surface area contributed by atoms with Gasteiger partial charge in [-0.2, -0.15) is 0 Å². The van der Waals surface area contributed by atoms with Crippen LogP contribution in [0.1, 0.15) is 32.8 Å². The van der Waals surface area contributed by atoms with Crippen LogP contribution in [0.2, 0.25) is 0 Å². The first-order chi connectivity index (χ1) is 20.6. The van der Waals surface area contributed by atoms with Gasteiger partial charge in [0.05, 0.1) is 27.3 Å². The molecular weight excluding hydrogens is 549 g/mol. The molecule has 43 heavy (non-hydrogen) atoms. The van der Waals surface area contributed by atoms with Gasteiger partial charge in [0.25, 0.3) is 0 Å².